The van der Waals surface area contributed by atoms with E-state index in [1.165, 1.54) is 57.9 Å². The molecule has 2 fully saturated rings. The molecule has 3 N–H and O–H groups in total. The number of likely N-dealkylation sites (N-methyl/N-ethyl adjacent to an activating group) is 1. The number of likely N-dealkylation sites (tertiary alicyclic amines) is 1. The van der Waals surface area contributed by atoms with Gasteiger partial charge in [0, 0.05) is 24.3 Å². The first kappa shape index (κ1) is 23.5. The van der Waals surface area contributed by atoms with Crippen LogP contribution in [0.1, 0.15) is 65.2 Å². The average molecular weight is 454 g/mol. The summed E-state index contributed by atoms with van der Waals surface area (Å²) >= 11 is 0. The molecule has 8 nitrogen and oxygen atoms in total. The molecule has 2 aliphatic rings. The Kier molecular flexibility index (Phi) is 8.58. The van der Waals surface area contributed by atoms with Crippen LogP contribution in [0.15, 0.2) is 24.3 Å². The monoisotopic (exact) mass is 453 g/mol. The van der Waals surface area contributed by atoms with Crippen LogP contribution in [0, 0.1) is 0 Å². The molecule has 1 aromatic carbocycles. The fraction of sp³-hybridized carbons (Fsp3) is 0.640. The van der Waals surface area contributed by atoms with Gasteiger partial charge in [-0.3, -0.25) is 4.90 Å². The summed E-state index contributed by atoms with van der Waals surface area (Å²) in [6.45, 7) is 7.99. The molecule has 0 radical (unpaired) electrons. The van der Waals surface area contributed by atoms with Gasteiger partial charge in [-0.05, 0) is 70.0 Å². The number of nitrogens with zero attached hydrogens (tertiary/aromatic N) is 4. The summed E-state index contributed by atoms with van der Waals surface area (Å²) in [6.07, 6.45) is 9.99. The third-order valence-corrected chi connectivity index (χ3v) is 6.65. The van der Waals surface area contributed by atoms with E-state index in [0.717, 1.165) is 24.5 Å². The van der Waals surface area contributed by atoms with Crippen LogP contribution in [0.5, 0.6) is 5.75 Å². The van der Waals surface area contributed by atoms with Crippen molar-refractivity contribution in [2.45, 2.75) is 77.3 Å². The summed E-state index contributed by atoms with van der Waals surface area (Å²) in [5.74, 6) is 2.67. The zero-order valence-corrected chi connectivity index (χ0v) is 20.1. The SMILES string of the molecule is CCOc1ccc(Nc2nc(NCC3CCCN3CC)nc(NC3CCCCCC3)n2)cc1. The molecule has 0 bridgehead atoms. The molecule has 0 amide bonds. The van der Waals surface area contributed by atoms with E-state index in [1.807, 2.05) is 31.2 Å². The summed E-state index contributed by atoms with van der Waals surface area (Å²) in [7, 11) is 0. The van der Waals surface area contributed by atoms with Crippen molar-refractivity contribution in [3.8, 4) is 5.75 Å². The number of nitrogens with one attached hydrogen (secondary N) is 3. The first-order valence-electron chi connectivity index (χ1n) is 12.7. The van der Waals surface area contributed by atoms with Crippen molar-refractivity contribution >= 4 is 23.5 Å². The van der Waals surface area contributed by atoms with Gasteiger partial charge in [-0.25, -0.2) is 0 Å². The zero-order valence-electron chi connectivity index (χ0n) is 20.1. The van der Waals surface area contributed by atoms with Gasteiger partial charge >= 0.3 is 0 Å². The van der Waals surface area contributed by atoms with Crippen LogP contribution >= 0.6 is 0 Å². The number of hydrogen-bond donors (Lipinski definition) is 3. The molecule has 1 saturated heterocycles. The Hall–Kier alpha value is -2.61. The van der Waals surface area contributed by atoms with Gasteiger partial charge in [0.15, 0.2) is 0 Å². The molecule has 1 aliphatic heterocycles. The van der Waals surface area contributed by atoms with Crippen LogP contribution < -0.4 is 20.7 Å². The number of rotatable bonds is 10. The quantitative estimate of drug-likeness (QED) is 0.431. The van der Waals surface area contributed by atoms with Crippen molar-refractivity contribution in [1.82, 2.24) is 19.9 Å². The van der Waals surface area contributed by atoms with E-state index >= 15 is 0 Å². The summed E-state index contributed by atoms with van der Waals surface area (Å²) in [4.78, 5) is 16.6. The first-order valence-corrected chi connectivity index (χ1v) is 12.7. The van der Waals surface area contributed by atoms with Crippen molar-refractivity contribution in [3.05, 3.63) is 24.3 Å². The van der Waals surface area contributed by atoms with Gasteiger partial charge < -0.3 is 20.7 Å². The lowest BCUT2D eigenvalue weighted by Gasteiger charge is -2.23. The second-order valence-electron chi connectivity index (χ2n) is 9.03. The van der Waals surface area contributed by atoms with Crippen molar-refractivity contribution in [2.75, 3.05) is 42.2 Å². The average Bonchev–Trinajstić information content (AvgIpc) is 3.14. The van der Waals surface area contributed by atoms with E-state index in [-0.39, 0.29) is 0 Å². The van der Waals surface area contributed by atoms with E-state index in [1.54, 1.807) is 0 Å². The van der Waals surface area contributed by atoms with E-state index in [9.17, 15) is 0 Å². The molecule has 1 atom stereocenters. The van der Waals surface area contributed by atoms with Crippen molar-refractivity contribution < 1.29 is 4.74 Å². The predicted octanol–water partition coefficient (Wildman–Crippen LogP) is 5.04. The third-order valence-electron chi connectivity index (χ3n) is 6.65. The minimum Gasteiger partial charge on any atom is -0.494 e. The molecule has 1 aromatic heterocycles. The summed E-state index contributed by atoms with van der Waals surface area (Å²) in [5.41, 5.74) is 0.920. The Morgan fingerprint density at radius 3 is 2.33 bits per heavy atom. The van der Waals surface area contributed by atoms with E-state index < -0.39 is 0 Å². The van der Waals surface area contributed by atoms with E-state index in [0.29, 0.717) is 36.5 Å². The maximum atomic E-state index is 5.55. The van der Waals surface area contributed by atoms with Crippen LogP contribution in [-0.4, -0.2) is 58.2 Å². The number of ether oxygens (including phenoxy) is 1. The maximum absolute atomic E-state index is 5.55. The van der Waals surface area contributed by atoms with Gasteiger partial charge in [0.1, 0.15) is 5.75 Å². The molecule has 1 unspecified atom stereocenters. The molecule has 180 valence electrons. The van der Waals surface area contributed by atoms with Gasteiger partial charge in [-0.15, -0.1) is 0 Å². The van der Waals surface area contributed by atoms with Gasteiger partial charge in [0.2, 0.25) is 17.8 Å². The number of benzene rings is 1. The zero-order chi connectivity index (χ0) is 22.9. The molecule has 4 rings (SSSR count). The number of aromatic nitrogens is 3. The fourth-order valence-corrected chi connectivity index (χ4v) is 4.86. The Balaban J connectivity index is 1.48. The third kappa shape index (κ3) is 6.93. The van der Waals surface area contributed by atoms with E-state index in [4.69, 9.17) is 14.7 Å². The van der Waals surface area contributed by atoms with Crippen molar-refractivity contribution in [2.24, 2.45) is 0 Å². The lowest BCUT2D eigenvalue weighted by Crippen LogP contribution is -2.35. The number of anilines is 4. The highest BCUT2D eigenvalue weighted by Gasteiger charge is 2.23. The molecular weight excluding hydrogens is 414 g/mol. The van der Waals surface area contributed by atoms with Crippen LogP contribution in [-0.2, 0) is 0 Å². The predicted molar refractivity (Wildman–Crippen MR) is 135 cm³/mol. The van der Waals surface area contributed by atoms with Crippen LogP contribution in [0.25, 0.3) is 0 Å². The number of hydrogen-bond acceptors (Lipinski definition) is 8. The fourth-order valence-electron chi connectivity index (χ4n) is 4.86. The van der Waals surface area contributed by atoms with Gasteiger partial charge in [-0.1, -0.05) is 32.6 Å². The van der Waals surface area contributed by atoms with Gasteiger partial charge in [0.05, 0.1) is 6.61 Å². The highest BCUT2D eigenvalue weighted by atomic mass is 16.5. The summed E-state index contributed by atoms with van der Waals surface area (Å²) in [5, 5.41) is 10.4. The van der Waals surface area contributed by atoms with Crippen LogP contribution in [0.2, 0.25) is 0 Å². The Morgan fingerprint density at radius 1 is 0.879 bits per heavy atom. The van der Waals surface area contributed by atoms with Crippen molar-refractivity contribution in [1.29, 1.82) is 0 Å². The molecule has 2 aromatic rings. The van der Waals surface area contributed by atoms with Crippen LogP contribution in [0.3, 0.4) is 0 Å². The Bertz CT molecular complexity index is 852. The topological polar surface area (TPSA) is 87.2 Å². The van der Waals surface area contributed by atoms with Crippen molar-refractivity contribution in [3.63, 3.8) is 0 Å². The molecule has 33 heavy (non-hydrogen) atoms. The Labute approximate surface area is 197 Å². The lowest BCUT2D eigenvalue weighted by molar-refractivity contribution is 0.277. The van der Waals surface area contributed by atoms with E-state index in [2.05, 4.69) is 32.8 Å². The second kappa shape index (κ2) is 12.0. The molecule has 0 spiro atoms. The summed E-state index contributed by atoms with van der Waals surface area (Å²) < 4.78 is 5.55. The minimum atomic E-state index is 0.423. The largest absolute Gasteiger partial charge is 0.494 e. The molecule has 8 heteroatoms. The summed E-state index contributed by atoms with van der Waals surface area (Å²) in [6, 6.07) is 8.83. The lowest BCUT2D eigenvalue weighted by atomic mass is 10.1. The molecule has 1 saturated carbocycles. The first-order chi connectivity index (χ1) is 16.2. The molecule has 1 aliphatic carbocycles. The minimum absolute atomic E-state index is 0.423. The van der Waals surface area contributed by atoms with Gasteiger partial charge in [-0.2, -0.15) is 15.0 Å². The van der Waals surface area contributed by atoms with Gasteiger partial charge in [0.25, 0.3) is 0 Å². The molecular formula is C25H39N7O. The van der Waals surface area contributed by atoms with Crippen LogP contribution in [0.4, 0.5) is 23.5 Å². The highest BCUT2D eigenvalue weighted by molar-refractivity contribution is 5.56. The Morgan fingerprint density at radius 2 is 1.61 bits per heavy atom. The maximum Gasteiger partial charge on any atom is 0.233 e. The standard InChI is InChI=1S/C25H39N7O/c1-3-32-17-9-12-21(32)18-26-23-29-24(27-19-10-7-5-6-8-11-19)31-25(30-23)28-20-13-15-22(16-14-20)33-4-2/h13-16,19,21H,3-12,17-18H2,1-2H3,(H3,26,27,28,29,30,31). The highest BCUT2D eigenvalue weighted by Crippen LogP contribution is 2.23. The smallest absolute Gasteiger partial charge is 0.233 e. The normalized spacial score (nSPS) is 19.8. The second-order valence-corrected chi connectivity index (χ2v) is 9.03. The molecule has 2 heterocycles.